The Kier molecular flexibility index (Phi) is 5.40. The first-order valence-corrected chi connectivity index (χ1v) is 10.8. The molecule has 1 unspecified atom stereocenters. The van der Waals surface area contributed by atoms with Crippen LogP contribution < -0.4 is 5.32 Å². The normalized spacial score (nSPS) is 20.3. The number of rotatable bonds is 5. The second-order valence-electron chi connectivity index (χ2n) is 8.16. The van der Waals surface area contributed by atoms with E-state index in [-0.39, 0.29) is 12.5 Å². The van der Waals surface area contributed by atoms with Crippen molar-refractivity contribution >= 4 is 33.8 Å². The fraction of sp³-hybridized carbons (Fsp3) is 0.348. The summed E-state index contributed by atoms with van der Waals surface area (Å²) >= 11 is 3.39. The number of nitrogens with one attached hydrogen (secondary N) is 1. The quantitative estimate of drug-likeness (QED) is 0.682. The lowest BCUT2D eigenvalue weighted by atomic mass is 9.89. The van der Waals surface area contributed by atoms with Crippen molar-refractivity contribution in [3.63, 3.8) is 0 Å². The minimum Gasteiger partial charge on any atom is -0.340 e. The molecule has 1 saturated heterocycles. The second kappa shape index (κ2) is 7.87. The molecule has 0 bridgehead atoms. The molecule has 4 amide bonds. The van der Waals surface area contributed by atoms with Crippen molar-refractivity contribution in [2.75, 3.05) is 13.6 Å². The van der Waals surface area contributed by atoms with Gasteiger partial charge in [-0.1, -0.05) is 46.3 Å². The minimum absolute atomic E-state index is 0.280. The van der Waals surface area contributed by atoms with Crippen molar-refractivity contribution in [2.24, 2.45) is 0 Å². The van der Waals surface area contributed by atoms with Crippen LogP contribution in [0.2, 0.25) is 0 Å². The van der Waals surface area contributed by atoms with E-state index >= 15 is 0 Å². The van der Waals surface area contributed by atoms with Gasteiger partial charge >= 0.3 is 6.03 Å². The van der Waals surface area contributed by atoms with Crippen LogP contribution in [0.25, 0.3) is 0 Å². The molecule has 30 heavy (non-hydrogen) atoms. The zero-order valence-electron chi connectivity index (χ0n) is 17.1. The van der Waals surface area contributed by atoms with Gasteiger partial charge in [0.05, 0.1) is 0 Å². The Hall–Kier alpha value is -2.67. The highest BCUT2D eigenvalue weighted by molar-refractivity contribution is 9.10. The number of hydrogen-bond acceptors (Lipinski definition) is 3. The zero-order valence-corrected chi connectivity index (χ0v) is 18.7. The van der Waals surface area contributed by atoms with Gasteiger partial charge in [-0.25, -0.2) is 4.79 Å². The van der Waals surface area contributed by atoms with Crippen molar-refractivity contribution in [3.05, 3.63) is 69.2 Å². The van der Waals surface area contributed by atoms with Gasteiger partial charge in [-0.3, -0.25) is 14.5 Å². The van der Waals surface area contributed by atoms with Gasteiger partial charge in [0.15, 0.2) is 0 Å². The van der Waals surface area contributed by atoms with Crippen LogP contribution in [0.1, 0.15) is 35.6 Å². The molecule has 4 rings (SSSR count). The molecule has 1 aliphatic carbocycles. The summed E-state index contributed by atoms with van der Waals surface area (Å²) < 4.78 is 0.963. The molecule has 2 aromatic carbocycles. The monoisotopic (exact) mass is 469 g/mol. The Bertz CT molecular complexity index is 1020. The number of aryl methyl sites for hydroxylation is 2. The van der Waals surface area contributed by atoms with Crippen LogP contribution in [0, 0.1) is 0 Å². The molecule has 156 valence electrons. The highest BCUT2D eigenvalue weighted by Gasteiger charge is 2.49. The topological polar surface area (TPSA) is 69.7 Å². The lowest BCUT2D eigenvalue weighted by Gasteiger charge is -2.24. The maximum Gasteiger partial charge on any atom is 0.325 e. The highest BCUT2D eigenvalue weighted by atomic mass is 79.9. The first-order chi connectivity index (χ1) is 14.3. The third-order valence-corrected chi connectivity index (χ3v) is 6.53. The predicted molar refractivity (Wildman–Crippen MR) is 117 cm³/mol. The predicted octanol–water partition coefficient (Wildman–Crippen LogP) is 3.36. The molecule has 1 atom stereocenters. The molecule has 1 N–H and O–H groups in total. The van der Waals surface area contributed by atoms with Crippen LogP contribution in [0.5, 0.6) is 0 Å². The van der Waals surface area contributed by atoms with Gasteiger partial charge in [0.25, 0.3) is 5.91 Å². The fourth-order valence-electron chi connectivity index (χ4n) is 4.13. The molecule has 0 radical (unpaired) electrons. The van der Waals surface area contributed by atoms with Crippen LogP contribution in [-0.2, 0) is 34.5 Å². The largest absolute Gasteiger partial charge is 0.340 e. The molecular weight excluding hydrogens is 446 g/mol. The van der Waals surface area contributed by atoms with Gasteiger partial charge in [0.2, 0.25) is 5.91 Å². The van der Waals surface area contributed by atoms with Crippen LogP contribution in [0.3, 0.4) is 0 Å². The molecule has 0 aromatic heterocycles. The van der Waals surface area contributed by atoms with Crippen LogP contribution in [0.15, 0.2) is 46.9 Å². The molecule has 0 spiro atoms. The lowest BCUT2D eigenvalue weighted by Crippen LogP contribution is -2.43. The van der Waals surface area contributed by atoms with E-state index in [1.807, 2.05) is 42.5 Å². The van der Waals surface area contributed by atoms with Crippen molar-refractivity contribution < 1.29 is 14.4 Å². The SMILES string of the molecule is CN(Cc1ccc(Br)cc1)C(=O)CN1C(=O)NC(C)(c2ccc3c(c2)CCC3)C1=O. The molecule has 1 fully saturated rings. The van der Waals surface area contributed by atoms with Crippen molar-refractivity contribution in [2.45, 2.75) is 38.3 Å². The summed E-state index contributed by atoms with van der Waals surface area (Å²) in [4.78, 5) is 41.0. The van der Waals surface area contributed by atoms with Gasteiger partial charge in [0.1, 0.15) is 12.1 Å². The molecule has 6 nitrogen and oxygen atoms in total. The van der Waals surface area contributed by atoms with E-state index in [2.05, 4.69) is 21.2 Å². The van der Waals surface area contributed by atoms with E-state index in [4.69, 9.17) is 0 Å². The summed E-state index contributed by atoms with van der Waals surface area (Å²) in [6.45, 7) is 1.83. The summed E-state index contributed by atoms with van der Waals surface area (Å²) in [6.07, 6.45) is 3.16. The van der Waals surface area contributed by atoms with Crippen LogP contribution in [0.4, 0.5) is 4.79 Å². The first kappa shape index (κ1) is 20.6. The Balaban J connectivity index is 1.47. The lowest BCUT2D eigenvalue weighted by molar-refractivity contribution is -0.138. The van der Waals surface area contributed by atoms with Crippen LogP contribution >= 0.6 is 15.9 Å². The van der Waals surface area contributed by atoms with E-state index < -0.39 is 17.5 Å². The van der Waals surface area contributed by atoms with E-state index in [1.54, 1.807) is 14.0 Å². The van der Waals surface area contributed by atoms with E-state index in [9.17, 15) is 14.4 Å². The van der Waals surface area contributed by atoms with Gasteiger partial charge in [-0.15, -0.1) is 0 Å². The van der Waals surface area contributed by atoms with Gasteiger partial charge in [-0.05, 0) is 60.6 Å². The summed E-state index contributed by atoms with van der Waals surface area (Å²) in [5, 5.41) is 2.80. The van der Waals surface area contributed by atoms with Crippen molar-refractivity contribution in [1.29, 1.82) is 0 Å². The van der Waals surface area contributed by atoms with E-state index in [0.717, 1.165) is 39.8 Å². The maximum absolute atomic E-state index is 13.2. The summed E-state index contributed by atoms with van der Waals surface area (Å²) in [5.74, 6) is -0.685. The standard InChI is InChI=1S/C23H24BrN3O3/c1-23(18-9-8-16-4-3-5-17(16)12-18)21(29)27(22(30)25-23)14-20(28)26(2)13-15-6-10-19(24)11-7-15/h6-12H,3-5,13-14H2,1-2H3,(H,25,30). The molecule has 2 aromatic rings. The average Bonchev–Trinajstić information content (AvgIpc) is 3.28. The number of halogens is 1. The van der Waals surface area contributed by atoms with E-state index in [0.29, 0.717) is 6.54 Å². The van der Waals surface area contributed by atoms with Crippen molar-refractivity contribution in [3.8, 4) is 0 Å². The number of fused-ring (bicyclic) bond motifs is 1. The molecule has 7 heteroatoms. The minimum atomic E-state index is -1.15. The first-order valence-electron chi connectivity index (χ1n) is 10.0. The number of nitrogens with zero attached hydrogens (tertiary/aromatic N) is 2. The number of likely N-dealkylation sites (N-methyl/N-ethyl adjacent to an activating group) is 1. The fourth-order valence-corrected chi connectivity index (χ4v) is 4.39. The van der Waals surface area contributed by atoms with E-state index in [1.165, 1.54) is 16.0 Å². The van der Waals surface area contributed by atoms with Crippen molar-refractivity contribution in [1.82, 2.24) is 15.1 Å². The van der Waals surface area contributed by atoms with Gasteiger partial charge < -0.3 is 10.2 Å². The summed E-state index contributed by atoms with van der Waals surface area (Å²) in [6, 6.07) is 13.1. The van der Waals surface area contributed by atoms with Gasteiger partial charge in [-0.2, -0.15) is 0 Å². The van der Waals surface area contributed by atoms with Crippen LogP contribution in [-0.4, -0.2) is 41.2 Å². The average molecular weight is 470 g/mol. The Morgan fingerprint density at radius 2 is 1.83 bits per heavy atom. The number of carbonyl (C=O) groups excluding carboxylic acids is 3. The number of benzene rings is 2. The third kappa shape index (κ3) is 3.74. The number of hydrogen-bond donors (Lipinski definition) is 1. The molecule has 1 aliphatic heterocycles. The molecule has 1 heterocycles. The number of imide groups is 1. The Morgan fingerprint density at radius 1 is 1.13 bits per heavy atom. The number of carbonyl (C=O) groups is 3. The molecule has 0 saturated carbocycles. The number of urea groups is 1. The zero-order chi connectivity index (χ0) is 21.5. The number of amides is 4. The molecule has 2 aliphatic rings. The maximum atomic E-state index is 13.2. The highest BCUT2D eigenvalue weighted by Crippen LogP contribution is 2.32. The third-order valence-electron chi connectivity index (χ3n) is 6.00. The smallest absolute Gasteiger partial charge is 0.325 e. The Morgan fingerprint density at radius 3 is 2.57 bits per heavy atom. The Labute approximate surface area is 184 Å². The second-order valence-corrected chi connectivity index (χ2v) is 9.08. The van der Waals surface area contributed by atoms with Gasteiger partial charge in [0, 0.05) is 18.1 Å². The summed E-state index contributed by atoms with van der Waals surface area (Å²) in [7, 11) is 1.67. The summed E-state index contributed by atoms with van der Waals surface area (Å²) in [5.41, 5.74) is 3.12. The molecular formula is C23H24BrN3O3.